The summed E-state index contributed by atoms with van der Waals surface area (Å²) in [7, 11) is 0. The van der Waals surface area contributed by atoms with Crippen LogP contribution in [0.3, 0.4) is 0 Å². The largest absolute Gasteiger partial charge is 0.395 e. The van der Waals surface area contributed by atoms with Crippen LogP contribution in [0.25, 0.3) is 0 Å². The van der Waals surface area contributed by atoms with E-state index in [1.165, 1.54) is 11.3 Å². The molecule has 1 unspecified atom stereocenters. The van der Waals surface area contributed by atoms with E-state index in [-0.39, 0.29) is 12.5 Å². The molecular formula is C16H23NO2S. The topological polar surface area (TPSA) is 49.3 Å². The molecule has 0 radical (unpaired) electrons. The van der Waals surface area contributed by atoms with Crippen LogP contribution in [-0.4, -0.2) is 24.2 Å². The number of hydrogen-bond donors (Lipinski definition) is 2. The summed E-state index contributed by atoms with van der Waals surface area (Å²) in [6, 6.07) is 1.88. The van der Waals surface area contributed by atoms with Crippen LogP contribution < -0.4 is 5.32 Å². The van der Waals surface area contributed by atoms with Gasteiger partial charge in [-0.05, 0) is 30.4 Å². The van der Waals surface area contributed by atoms with Gasteiger partial charge in [0.05, 0.1) is 16.4 Å². The van der Waals surface area contributed by atoms with Crippen LogP contribution >= 0.6 is 11.3 Å². The van der Waals surface area contributed by atoms with Crippen LogP contribution in [0.4, 0.5) is 0 Å². The van der Waals surface area contributed by atoms with Gasteiger partial charge < -0.3 is 10.4 Å². The molecule has 20 heavy (non-hydrogen) atoms. The Hall–Kier alpha value is -1.31. The third-order valence-corrected chi connectivity index (χ3v) is 4.45. The average Bonchev–Trinajstić information content (AvgIpc) is 2.77. The van der Waals surface area contributed by atoms with Crippen molar-refractivity contribution in [3.8, 4) is 11.8 Å². The van der Waals surface area contributed by atoms with E-state index in [9.17, 15) is 4.79 Å². The minimum atomic E-state index is -0.0270. The molecule has 0 spiro atoms. The third kappa shape index (κ3) is 4.99. The monoisotopic (exact) mass is 293 g/mol. The van der Waals surface area contributed by atoms with Crippen molar-refractivity contribution >= 4 is 17.2 Å². The summed E-state index contributed by atoms with van der Waals surface area (Å²) in [5.74, 6) is 6.88. The molecule has 3 nitrogen and oxygen atoms in total. The molecule has 1 rings (SSSR count). The van der Waals surface area contributed by atoms with E-state index in [0.29, 0.717) is 29.7 Å². The van der Waals surface area contributed by atoms with E-state index in [0.717, 1.165) is 10.4 Å². The zero-order valence-electron chi connectivity index (χ0n) is 12.6. The van der Waals surface area contributed by atoms with Crippen LogP contribution in [0.5, 0.6) is 0 Å². The first-order valence-electron chi connectivity index (χ1n) is 6.94. The molecule has 0 aliphatic carbocycles. The Morgan fingerprint density at radius 2 is 2.15 bits per heavy atom. The predicted octanol–water partition coefficient (Wildman–Crippen LogP) is 2.81. The van der Waals surface area contributed by atoms with Gasteiger partial charge in [-0.2, -0.15) is 0 Å². The van der Waals surface area contributed by atoms with Crippen LogP contribution in [0.15, 0.2) is 6.07 Å². The van der Waals surface area contributed by atoms with Gasteiger partial charge in [0.1, 0.15) is 0 Å². The highest BCUT2D eigenvalue weighted by molar-refractivity contribution is 7.14. The van der Waals surface area contributed by atoms with Crippen LogP contribution in [0.2, 0.25) is 0 Å². The van der Waals surface area contributed by atoms with Crippen molar-refractivity contribution in [1.29, 1.82) is 0 Å². The van der Waals surface area contributed by atoms with Crippen molar-refractivity contribution in [2.45, 2.75) is 34.1 Å². The van der Waals surface area contributed by atoms with Crippen molar-refractivity contribution in [2.24, 2.45) is 11.8 Å². The first-order chi connectivity index (χ1) is 9.45. The number of carbonyl (C=O) groups excluding carboxylic acids is 1. The van der Waals surface area contributed by atoms with Crippen molar-refractivity contribution in [3.63, 3.8) is 0 Å². The van der Waals surface area contributed by atoms with Gasteiger partial charge in [0, 0.05) is 13.0 Å². The summed E-state index contributed by atoms with van der Waals surface area (Å²) in [6.45, 7) is 9.15. The molecule has 0 aromatic carbocycles. The van der Waals surface area contributed by atoms with Gasteiger partial charge in [-0.3, -0.25) is 4.79 Å². The van der Waals surface area contributed by atoms with Gasteiger partial charge in [-0.25, -0.2) is 0 Å². The molecule has 1 atom stereocenters. The summed E-state index contributed by atoms with van der Waals surface area (Å²) >= 11 is 1.41. The maximum atomic E-state index is 12.1. The molecule has 0 bridgehead atoms. The Morgan fingerprint density at radius 3 is 2.75 bits per heavy atom. The highest BCUT2D eigenvalue weighted by Crippen LogP contribution is 2.21. The molecular weight excluding hydrogens is 270 g/mol. The fourth-order valence-corrected chi connectivity index (χ4v) is 2.46. The number of hydrogen-bond acceptors (Lipinski definition) is 3. The standard InChI is InChI=1S/C16H23NO2S/c1-11(2)13(4)10-17-16(19)15-9-12(3)14(20-15)7-5-6-8-18/h9,11,13,18H,6,8,10H2,1-4H3,(H,17,19). The number of aliphatic hydroxyl groups excluding tert-OH is 1. The van der Waals surface area contributed by atoms with Crippen LogP contribution in [0, 0.1) is 30.6 Å². The molecule has 1 heterocycles. The number of carbonyl (C=O) groups is 1. The van der Waals surface area contributed by atoms with Gasteiger partial charge in [0.2, 0.25) is 0 Å². The Kier molecular flexibility index (Phi) is 6.77. The summed E-state index contributed by atoms with van der Waals surface area (Å²) < 4.78 is 0. The van der Waals surface area contributed by atoms with Crippen molar-refractivity contribution in [1.82, 2.24) is 5.32 Å². The van der Waals surface area contributed by atoms with Crippen molar-refractivity contribution in [2.75, 3.05) is 13.2 Å². The first kappa shape index (κ1) is 16.7. The summed E-state index contributed by atoms with van der Waals surface area (Å²) in [5.41, 5.74) is 1.02. The molecule has 1 amide bonds. The van der Waals surface area contributed by atoms with Crippen LogP contribution in [-0.2, 0) is 0 Å². The maximum absolute atomic E-state index is 12.1. The minimum absolute atomic E-state index is 0.0270. The lowest BCUT2D eigenvalue weighted by molar-refractivity contribution is 0.0949. The molecule has 1 aromatic heterocycles. The Bertz CT molecular complexity index is 508. The van der Waals surface area contributed by atoms with E-state index in [2.05, 4.69) is 37.9 Å². The minimum Gasteiger partial charge on any atom is -0.395 e. The molecule has 110 valence electrons. The fourth-order valence-electron chi connectivity index (χ4n) is 1.49. The van der Waals surface area contributed by atoms with E-state index in [1.54, 1.807) is 0 Å². The molecule has 0 saturated carbocycles. The number of amides is 1. The van der Waals surface area contributed by atoms with Gasteiger partial charge in [-0.15, -0.1) is 11.3 Å². The van der Waals surface area contributed by atoms with E-state index >= 15 is 0 Å². The lowest BCUT2D eigenvalue weighted by Crippen LogP contribution is -2.29. The Morgan fingerprint density at radius 1 is 1.45 bits per heavy atom. The average molecular weight is 293 g/mol. The quantitative estimate of drug-likeness (QED) is 0.820. The lowest BCUT2D eigenvalue weighted by atomic mass is 9.98. The van der Waals surface area contributed by atoms with E-state index in [4.69, 9.17) is 5.11 Å². The summed E-state index contributed by atoms with van der Waals surface area (Å²) in [5, 5.41) is 11.7. The predicted molar refractivity (Wildman–Crippen MR) is 84.0 cm³/mol. The highest BCUT2D eigenvalue weighted by atomic mass is 32.1. The second-order valence-corrected chi connectivity index (χ2v) is 6.38. The molecule has 0 aliphatic heterocycles. The van der Waals surface area contributed by atoms with Gasteiger partial charge >= 0.3 is 0 Å². The van der Waals surface area contributed by atoms with Crippen molar-refractivity contribution < 1.29 is 9.90 Å². The summed E-state index contributed by atoms with van der Waals surface area (Å²) in [6.07, 6.45) is 0.463. The molecule has 1 aromatic rings. The number of aliphatic hydroxyl groups is 1. The Balaban J connectivity index is 2.66. The SMILES string of the molecule is Cc1cc(C(=O)NCC(C)C(C)C)sc1C#CCCO. The molecule has 4 heteroatoms. The summed E-state index contributed by atoms with van der Waals surface area (Å²) in [4.78, 5) is 13.7. The van der Waals surface area contributed by atoms with E-state index < -0.39 is 0 Å². The van der Waals surface area contributed by atoms with E-state index in [1.807, 2.05) is 13.0 Å². The second-order valence-electron chi connectivity index (χ2n) is 5.33. The number of thiophene rings is 1. The maximum Gasteiger partial charge on any atom is 0.261 e. The molecule has 0 saturated heterocycles. The van der Waals surface area contributed by atoms with Crippen molar-refractivity contribution in [3.05, 3.63) is 21.4 Å². The molecule has 0 aliphatic rings. The van der Waals surface area contributed by atoms with Crippen LogP contribution in [0.1, 0.15) is 47.3 Å². The molecule has 0 fully saturated rings. The van der Waals surface area contributed by atoms with Gasteiger partial charge in [-0.1, -0.05) is 32.6 Å². The Labute approximate surface area is 125 Å². The zero-order chi connectivity index (χ0) is 15.1. The lowest BCUT2D eigenvalue weighted by Gasteiger charge is -2.15. The number of rotatable bonds is 5. The highest BCUT2D eigenvalue weighted by Gasteiger charge is 2.13. The van der Waals surface area contributed by atoms with Gasteiger partial charge in [0.25, 0.3) is 5.91 Å². The number of aryl methyl sites for hydroxylation is 1. The normalized spacial score (nSPS) is 11.9. The fraction of sp³-hybridized carbons (Fsp3) is 0.562. The first-order valence-corrected chi connectivity index (χ1v) is 7.75. The smallest absolute Gasteiger partial charge is 0.261 e. The third-order valence-electron chi connectivity index (χ3n) is 3.30. The number of nitrogens with one attached hydrogen (secondary N) is 1. The molecule has 2 N–H and O–H groups in total. The zero-order valence-corrected chi connectivity index (χ0v) is 13.4. The second kappa shape index (κ2) is 8.08. The van der Waals surface area contributed by atoms with Gasteiger partial charge in [0.15, 0.2) is 0 Å².